The van der Waals surface area contributed by atoms with Crippen LogP contribution in [0.3, 0.4) is 0 Å². The van der Waals surface area contributed by atoms with Gasteiger partial charge in [0.2, 0.25) is 5.13 Å². The first-order chi connectivity index (χ1) is 6.84. The molecule has 0 aliphatic heterocycles. The van der Waals surface area contributed by atoms with Gasteiger partial charge in [0.05, 0.1) is 0 Å². The van der Waals surface area contributed by atoms with Crippen LogP contribution in [0, 0.1) is 6.92 Å². The van der Waals surface area contributed by atoms with Crippen LogP contribution in [-0.4, -0.2) is 36.5 Å². The third-order valence-electron chi connectivity index (χ3n) is 1.54. The Kier molecular flexibility index (Phi) is 2.63. The van der Waals surface area contributed by atoms with Crippen LogP contribution >= 0.6 is 11.5 Å². The van der Waals surface area contributed by atoms with Crippen molar-refractivity contribution in [1.82, 2.24) is 30.0 Å². The summed E-state index contributed by atoms with van der Waals surface area (Å²) in [5.74, 6) is 1.48. The summed E-state index contributed by atoms with van der Waals surface area (Å²) < 4.78 is 4.05. The van der Waals surface area contributed by atoms with Gasteiger partial charge in [-0.15, -0.1) is 10.2 Å². The smallest absolute Gasteiger partial charge is 0.202 e. The first-order valence-electron chi connectivity index (χ1n) is 4.11. The zero-order valence-electron chi connectivity index (χ0n) is 7.56. The minimum atomic E-state index is 0.693. The van der Waals surface area contributed by atoms with Crippen molar-refractivity contribution in [3.05, 3.63) is 11.6 Å². The lowest BCUT2D eigenvalue weighted by atomic mass is 10.4. The van der Waals surface area contributed by atoms with E-state index in [2.05, 4.69) is 35.3 Å². The second-order valence-corrected chi connectivity index (χ2v) is 3.40. The zero-order valence-corrected chi connectivity index (χ0v) is 8.38. The maximum atomic E-state index is 4.16. The normalized spacial score (nSPS) is 10.4. The topological polar surface area (TPSA) is 92.3 Å². The van der Waals surface area contributed by atoms with Crippen molar-refractivity contribution in [2.45, 2.75) is 13.3 Å². The second kappa shape index (κ2) is 4.09. The third kappa shape index (κ3) is 2.22. The molecule has 0 aliphatic carbocycles. The molecule has 7 nitrogen and oxygen atoms in total. The van der Waals surface area contributed by atoms with Gasteiger partial charge in [0.15, 0.2) is 5.82 Å². The molecule has 0 saturated heterocycles. The number of aryl methyl sites for hydroxylation is 1. The summed E-state index contributed by atoms with van der Waals surface area (Å²) in [5.41, 5.74) is 0. The van der Waals surface area contributed by atoms with Gasteiger partial charge in [-0.2, -0.15) is 9.59 Å². The molecule has 0 saturated carbocycles. The lowest BCUT2D eigenvalue weighted by molar-refractivity contribution is 0.881. The average molecular weight is 211 g/mol. The lowest BCUT2D eigenvalue weighted by Gasteiger charge is -1.96. The highest BCUT2D eigenvalue weighted by Crippen LogP contribution is 2.09. The molecule has 0 amide bonds. The Morgan fingerprint density at radius 2 is 2.43 bits per heavy atom. The number of hydrogen-bond acceptors (Lipinski definition) is 7. The first kappa shape index (κ1) is 9.00. The summed E-state index contributed by atoms with van der Waals surface area (Å²) >= 11 is 1.35. The van der Waals surface area contributed by atoms with Gasteiger partial charge in [0.25, 0.3) is 0 Å². The summed E-state index contributed by atoms with van der Waals surface area (Å²) in [5, 5.41) is 17.5. The summed E-state index contributed by atoms with van der Waals surface area (Å²) in [7, 11) is 0. The van der Waals surface area contributed by atoms with Gasteiger partial charge < -0.3 is 5.32 Å². The van der Waals surface area contributed by atoms with Gasteiger partial charge in [0, 0.05) is 24.5 Å². The molecule has 8 heteroatoms. The van der Waals surface area contributed by atoms with Crippen molar-refractivity contribution >= 4 is 16.7 Å². The molecule has 0 aromatic carbocycles. The number of tetrazole rings is 1. The van der Waals surface area contributed by atoms with Crippen LogP contribution in [0.4, 0.5) is 5.13 Å². The second-order valence-electron chi connectivity index (χ2n) is 2.65. The van der Waals surface area contributed by atoms with E-state index in [1.807, 2.05) is 6.92 Å². The number of nitrogens with zero attached hydrogens (tertiary/aromatic N) is 5. The molecule has 0 aliphatic rings. The maximum absolute atomic E-state index is 4.16. The molecule has 0 spiro atoms. The molecule has 2 N–H and O–H groups in total. The monoisotopic (exact) mass is 211 g/mol. The largest absolute Gasteiger partial charge is 0.360 e. The number of aromatic amines is 1. The Bertz CT molecular complexity index is 381. The van der Waals surface area contributed by atoms with E-state index >= 15 is 0 Å². The average Bonchev–Trinajstić information content (AvgIpc) is 2.77. The summed E-state index contributed by atoms with van der Waals surface area (Å²) in [4.78, 5) is 4.16. The summed E-state index contributed by atoms with van der Waals surface area (Å²) in [6.45, 7) is 2.59. The standard InChI is InChI=1S/C6H9N7S/c1-4-8-6(14-11-4)7-3-2-5-9-12-13-10-5/h2-3H2,1H3,(H,7,8,11)(H,9,10,12,13). The van der Waals surface area contributed by atoms with Crippen molar-refractivity contribution in [2.75, 3.05) is 11.9 Å². The number of hydrogen-bond donors (Lipinski definition) is 2. The zero-order chi connectivity index (χ0) is 9.80. The van der Waals surface area contributed by atoms with Gasteiger partial charge in [-0.05, 0) is 6.92 Å². The van der Waals surface area contributed by atoms with Crippen LogP contribution in [0.15, 0.2) is 0 Å². The minimum Gasteiger partial charge on any atom is -0.360 e. The van der Waals surface area contributed by atoms with Crippen LogP contribution in [0.5, 0.6) is 0 Å². The fourth-order valence-electron chi connectivity index (χ4n) is 0.939. The van der Waals surface area contributed by atoms with E-state index in [0.717, 1.165) is 23.9 Å². The van der Waals surface area contributed by atoms with Gasteiger partial charge >= 0.3 is 0 Å². The number of nitrogens with one attached hydrogen (secondary N) is 2. The molecule has 0 atom stereocenters. The molecular formula is C6H9N7S. The molecule has 0 radical (unpaired) electrons. The molecule has 14 heavy (non-hydrogen) atoms. The molecular weight excluding hydrogens is 202 g/mol. The van der Waals surface area contributed by atoms with Gasteiger partial charge in [-0.3, -0.25) is 0 Å². The summed E-state index contributed by atoms with van der Waals surface area (Å²) in [6.07, 6.45) is 0.717. The molecule has 0 bridgehead atoms. The Labute approximate surface area is 84.1 Å². The predicted molar refractivity (Wildman–Crippen MR) is 51.0 cm³/mol. The van der Waals surface area contributed by atoms with Crippen molar-refractivity contribution in [1.29, 1.82) is 0 Å². The third-order valence-corrected chi connectivity index (χ3v) is 2.31. The Morgan fingerprint density at radius 3 is 3.07 bits per heavy atom. The highest BCUT2D eigenvalue weighted by Gasteiger charge is 2.00. The molecule has 2 rings (SSSR count). The molecule has 2 heterocycles. The van der Waals surface area contributed by atoms with E-state index in [9.17, 15) is 0 Å². The van der Waals surface area contributed by atoms with Crippen LogP contribution < -0.4 is 5.32 Å². The van der Waals surface area contributed by atoms with Crippen LogP contribution in [0.1, 0.15) is 11.6 Å². The lowest BCUT2D eigenvalue weighted by Crippen LogP contribution is -2.05. The van der Waals surface area contributed by atoms with Crippen LogP contribution in [0.25, 0.3) is 0 Å². The SMILES string of the molecule is Cc1nsc(NCCc2nn[nH]n2)n1. The summed E-state index contributed by atoms with van der Waals surface area (Å²) in [6, 6.07) is 0. The van der Waals surface area contributed by atoms with Gasteiger partial charge in [-0.1, -0.05) is 5.21 Å². The van der Waals surface area contributed by atoms with Crippen molar-refractivity contribution in [2.24, 2.45) is 0 Å². The van der Waals surface area contributed by atoms with Crippen molar-refractivity contribution in [3.8, 4) is 0 Å². The van der Waals surface area contributed by atoms with Gasteiger partial charge in [-0.25, -0.2) is 4.98 Å². The van der Waals surface area contributed by atoms with Crippen molar-refractivity contribution in [3.63, 3.8) is 0 Å². The fourth-order valence-corrected chi connectivity index (χ4v) is 1.54. The van der Waals surface area contributed by atoms with E-state index in [1.165, 1.54) is 11.5 Å². The van der Waals surface area contributed by atoms with Crippen LogP contribution in [-0.2, 0) is 6.42 Å². The highest BCUT2D eigenvalue weighted by molar-refractivity contribution is 7.09. The Hall–Kier alpha value is -1.57. The molecule has 74 valence electrons. The van der Waals surface area contributed by atoms with E-state index in [4.69, 9.17) is 0 Å². The predicted octanol–water partition coefficient (Wildman–Crippen LogP) is 0.0142. The van der Waals surface area contributed by atoms with E-state index in [0.29, 0.717) is 5.82 Å². The van der Waals surface area contributed by atoms with Crippen molar-refractivity contribution < 1.29 is 0 Å². The first-order valence-corrected chi connectivity index (χ1v) is 4.88. The number of rotatable bonds is 4. The van der Waals surface area contributed by atoms with Gasteiger partial charge in [0.1, 0.15) is 5.82 Å². The number of H-pyrrole nitrogens is 1. The number of anilines is 1. The Morgan fingerprint density at radius 1 is 1.50 bits per heavy atom. The number of aromatic nitrogens is 6. The quantitative estimate of drug-likeness (QED) is 0.740. The van der Waals surface area contributed by atoms with Crippen LogP contribution in [0.2, 0.25) is 0 Å². The maximum Gasteiger partial charge on any atom is 0.202 e. The Balaban J connectivity index is 1.78. The molecule has 0 fully saturated rings. The molecule has 2 aromatic rings. The molecule has 0 unspecified atom stereocenters. The van der Waals surface area contributed by atoms with E-state index in [1.54, 1.807) is 0 Å². The molecule has 2 aromatic heterocycles. The highest BCUT2D eigenvalue weighted by atomic mass is 32.1. The van der Waals surface area contributed by atoms with E-state index < -0.39 is 0 Å². The fraction of sp³-hybridized carbons (Fsp3) is 0.500. The minimum absolute atomic E-state index is 0.693. The van der Waals surface area contributed by atoms with E-state index in [-0.39, 0.29) is 0 Å².